The largest absolute Gasteiger partial charge is 0.460 e. The summed E-state index contributed by atoms with van der Waals surface area (Å²) >= 11 is 0.780. The Bertz CT molecular complexity index is 1060. The Morgan fingerprint density at radius 1 is 1.09 bits per heavy atom. The summed E-state index contributed by atoms with van der Waals surface area (Å²) in [5.41, 5.74) is -0.177. The van der Waals surface area contributed by atoms with Crippen molar-refractivity contribution in [3.8, 4) is 0 Å². The van der Waals surface area contributed by atoms with E-state index in [-0.39, 0.29) is 15.6 Å². The number of halogens is 8. The third-order valence-electron chi connectivity index (χ3n) is 4.66. The first-order chi connectivity index (χ1) is 15.2. The molecule has 1 aromatic heterocycles. The number of hydrogen-bond donors (Lipinski definition) is 0. The highest BCUT2D eigenvalue weighted by atomic mass is 32.1. The standard InChI is InChI=1S/C18H11F8N3O3S/c19-10-3-1-9(2-4-10)8-28(14(32)16(20,21)17(22,23)18(24,25)26)11-7-12(30)29(13(11)31)15-27-5-6-33-15/h1-6,11H,7-8H2. The molecule has 0 saturated carbocycles. The lowest BCUT2D eigenvalue weighted by Crippen LogP contribution is -2.62. The van der Waals surface area contributed by atoms with Gasteiger partial charge in [0.2, 0.25) is 5.91 Å². The zero-order chi connectivity index (χ0) is 24.8. The summed E-state index contributed by atoms with van der Waals surface area (Å²) in [6.45, 7) is -1.09. The summed E-state index contributed by atoms with van der Waals surface area (Å²) in [4.78, 5) is 41.3. The Morgan fingerprint density at radius 3 is 2.21 bits per heavy atom. The van der Waals surface area contributed by atoms with Crippen LogP contribution in [0.15, 0.2) is 35.8 Å². The predicted octanol–water partition coefficient (Wildman–Crippen LogP) is 3.78. The Labute approximate surface area is 183 Å². The summed E-state index contributed by atoms with van der Waals surface area (Å²) in [5, 5.41) is 1.14. The fraction of sp³-hybridized carbons (Fsp3) is 0.333. The number of benzene rings is 1. The monoisotopic (exact) mass is 501 g/mol. The van der Waals surface area contributed by atoms with Gasteiger partial charge in [-0.1, -0.05) is 12.1 Å². The van der Waals surface area contributed by atoms with Crippen molar-refractivity contribution in [1.82, 2.24) is 9.88 Å². The molecule has 1 unspecified atom stereocenters. The minimum atomic E-state index is -6.80. The summed E-state index contributed by atoms with van der Waals surface area (Å²) in [5.74, 6) is -19.3. The summed E-state index contributed by atoms with van der Waals surface area (Å²) in [7, 11) is 0. The van der Waals surface area contributed by atoms with E-state index in [0.717, 1.165) is 35.6 Å². The number of imide groups is 1. The first kappa shape index (κ1) is 24.5. The number of carbonyl (C=O) groups is 3. The first-order valence-electron chi connectivity index (χ1n) is 8.82. The normalized spacial score (nSPS) is 17.6. The number of aromatic nitrogens is 1. The first-order valence-corrected chi connectivity index (χ1v) is 9.70. The molecule has 33 heavy (non-hydrogen) atoms. The van der Waals surface area contributed by atoms with Gasteiger partial charge in [0.05, 0.1) is 6.42 Å². The molecular formula is C18H11F8N3O3S. The SMILES string of the molecule is O=C1CC(N(Cc2ccc(F)cc2)C(=O)C(F)(F)C(F)(F)C(F)(F)F)C(=O)N1c1nccs1. The minimum absolute atomic E-state index is 0.177. The molecule has 1 atom stereocenters. The molecule has 1 saturated heterocycles. The number of amides is 3. The van der Waals surface area contributed by atoms with E-state index in [4.69, 9.17) is 0 Å². The van der Waals surface area contributed by atoms with Crippen molar-refractivity contribution in [3.05, 3.63) is 47.2 Å². The quantitative estimate of drug-likeness (QED) is 0.447. The van der Waals surface area contributed by atoms with Gasteiger partial charge in [-0.15, -0.1) is 11.3 Å². The van der Waals surface area contributed by atoms with Crippen molar-refractivity contribution >= 4 is 34.2 Å². The maximum atomic E-state index is 14.2. The number of rotatable bonds is 6. The molecule has 15 heteroatoms. The van der Waals surface area contributed by atoms with Crippen LogP contribution in [0.1, 0.15) is 12.0 Å². The van der Waals surface area contributed by atoms with Crippen LogP contribution in [0.25, 0.3) is 0 Å². The number of carbonyl (C=O) groups excluding carboxylic acids is 3. The van der Waals surface area contributed by atoms with E-state index in [9.17, 15) is 49.5 Å². The zero-order valence-corrected chi connectivity index (χ0v) is 16.8. The molecule has 1 aliphatic rings. The van der Waals surface area contributed by atoms with Crippen LogP contribution in [0.5, 0.6) is 0 Å². The fourth-order valence-electron chi connectivity index (χ4n) is 2.99. The van der Waals surface area contributed by atoms with Crippen LogP contribution < -0.4 is 4.90 Å². The van der Waals surface area contributed by atoms with Crippen LogP contribution in [-0.2, 0) is 20.9 Å². The average Bonchev–Trinajstić information content (AvgIpc) is 3.33. The molecule has 0 bridgehead atoms. The van der Waals surface area contributed by atoms with Crippen molar-refractivity contribution in [2.75, 3.05) is 4.90 Å². The van der Waals surface area contributed by atoms with Crippen LogP contribution in [0.2, 0.25) is 0 Å². The van der Waals surface area contributed by atoms with E-state index in [1.54, 1.807) is 0 Å². The molecule has 0 N–H and O–H groups in total. The lowest BCUT2D eigenvalue weighted by molar-refractivity contribution is -0.346. The molecule has 1 aliphatic heterocycles. The van der Waals surface area contributed by atoms with Gasteiger partial charge in [-0.05, 0) is 17.7 Å². The van der Waals surface area contributed by atoms with Crippen LogP contribution in [0.3, 0.4) is 0 Å². The lowest BCUT2D eigenvalue weighted by Gasteiger charge is -2.34. The molecular weight excluding hydrogens is 490 g/mol. The maximum Gasteiger partial charge on any atom is 0.460 e. The number of hydrogen-bond acceptors (Lipinski definition) is 5. The van der Waals surface area contributed by atoms with E-state index in [0.29, 0.717) is 4.90 Å². The minimum Gasteiger partial charge on any atom is -0.320 e. The van der Waals surface area contributed by atoms with Crippen molar-refractivity contribution < 1.29 is 49.5 Å². The molecule has 3 rings (SSSR count). The molecule has 1 fully saturated rings. The summed E-state index contributed by atoms with van der Waals surface area (Å²) in [6.07, 6.45) is -6.58. The van der Waals surface area contributed by atoms with Crippen LogP contribution in [0.4, 0.5) is 40.3 Å². The van der Waals surface area contributed by atoms with Gasteiger partial charge in [-0.3, -0.25) is 14.4 Å². The van der Waals surface area contributed by atoms with Gasteiger partial charge in [0.1, 0.15) is 11.9 Å². The van der Waals surface area contributed by atoms with Crippen molar-refractivity contribution in [2.45, 2.75) is 37.0 Å². The number of alkyl halides is 7. The van der Waals surface area contributed by atoms with E-state index in [1.165, 1.54) is 11.6 Å². The second-order valence-electron chi connectivity index (χ2n) is 6.81. The molecule has 178 valence electrons. The Balaban J connectivity index is 2.03. The van der Waals surface area contributed by atoms with Gasteiger partial charge in [-0.2, -0.15) is 30.7 Å². The fourth-order valence-corrected chi connectivity index (χ4v) is 3.65. The Kier molecular flexibility index (Phi) is 6.21. The summed E-state index contributed by atoms with van der Waals surface area (Å²) in [6, 6.07) is 1.37. The highest BCUT2D eigenvalue weighted by Gasteiger charge is 2.77. The van der Waals surface area contributed by atoms with E-state index < -0.39 is 60.6 Å². The molecule has 2 heterocycles. The Hall–Kier alpha value is -3.10. The summed E-state index contributed by atoms with van der Waals surface area (Å²) < 4.78 is 106. The van der Waals surface area contributed by atoms with Gasteiger partial charge >= 0.3 is 23.9 Å². The maximum absolute atomic E-state index is 14.2. The van der Waals surface area contributed by atoms with E-state index in [1.807, 2.05) is 0 Å². The van der Waals surface area contributed by atoms with Crippen LogP contribution in [-0.4, -0.2) is 51.7 Å². The van der Waals surface area contributed by atoms with Crippen molar-refractivity contribution in [3.63, 3.8) is 0 Å². The zero-order valence-electron chi connectivity index (χ0n) is 16.0. The van der Waals surface area contributed by atoms with Gasteiger partial charge in [0.15, 0.2) is 5.13 Å². The van der Waals surface area contributed by atoms with E-state index in [2.05, 4.69) is 4.98 Å². The second kappa shape index (κ2) is 8.35. The lowest BCUT2D eigenvalue weighted by atomic mass is 10.1. The molecule has 3 amide bonds. The molecule has 6 nitrogen and oxygen atoms in total. The van der Waals surface area contributed by atoms with Gasteiger partial charge < -0.3 is 4.90 Å². The van der Waals surface area contributed by atoms with Crippen molar-refractivity contribution in [1.29, 1.82) is 0 Å². The third kappa shape index (κ3) is 4.28. The molecule has 0 aliphatic carbocycles. The average molecular weight is 501 g/mol. The topological polar surface area (TPSA) is 70.6 Å². The third-order valence-corrected chi connectivity index (χ3v) is 5.41. The highest BCUT2D eigenvalue weighted by molar-refractivity contribution is 7.14. The molecule has 0 radical (unpaired) electrons. The predicted molar refractivity (Wildman–Crippen MR) is 95.9 cm³/mol. The second-order valence-corrected chi connectivity index (χ2v) is 7.68. The van der Waals surface area contributed by atoms with Gasteiger partial charge in [0.25, 0.3) is 5.91 Å². The van der Waals surface area contributed by atoms with Gasteiger partial charge in [-0.25, -0.2) is 14.3 Å². The number of thiazole rings is 1. The van der Waals surface area contributed by atoms with Gasteiger partial charge in [0, 0.05) is 18.1 Å². The molecule has 2 aromatic rings. The molecule has 0 spiro atoms. The smallest absolute Gasteiger partial charge is 0.320 e. The van der Waals surface area contributed by atoms with Crippen LogP contribution >= 0.6 is 11.3 Å². The van der Waals surface area contributed by atoms with E-state index >= 15 is 0 Å². The van der Waals surface area contributed by atoms with Crippen LogP contribution in [0, 0.1) is 5.82 Å². The molecule has 1 aromatic carbocycles. The number of anilines is 1. The van der Waals surface area contributed by atoms with Crippen molar-refractivity contribution in [2.24, 2.45) is 0 Å². The number of nitrogens with zero attached hydrogens (tertiary/aromatic N) is 3. The highest BCUT2D eigenvalue weighted by Crippen LogP contribution is 2.48. The Morgan fingerprint density at radius 2 is 1.70 bits per heavy atom.